The van der Waals surface area contributed by atoms with Crippen molar-refractivity contribution in [3.05, 3.63) is 42.9 Å². The fraction of sp³-hybridized carbons (Fsp3) is 0.308. The minimum Gasteiger partial charge on any atom is -0.336 e. The number of nitrogens with zero attached hydrogens (tertiary/aromatic N) is 5. The van der Waals surface area contributed by atoms with Crippen LogP contribution in [0, 0.1) is 0 Å². The molecule has 98 valence electrons. The van der Waals surface area contributed by atoms with Crippen LogP contribution in [0.3, 0.4) is 0 Å². The number of pyridine rings is 1. The Labute approximate surface area is 115 Å². The third kappa shape index (κ3) is 2.46. The van der Waals surface area contributed by atoms with Gasteiger partial charge in [0.25, 0.3) is 0 Å². The van der Waals surface area contributed by atoms with Crippen molar-refractivity contribution in [1.82, 2.24) is 24.1 Å². The zero-order valence-electron chi connectivity index (χ0n) is 10.4. The number of imidazole rings is 2. The predicted molar refractivity (Wildman–Crippen MR) is 74.2 cm³/mol. The number of fused-ring (bicyclic) bond motifs is 1. The zero-order chi connectivity index (χ0) is 13.1. The van der Waals surface area contributed by atoms with Crippen LogP contribution in [0.15, 0.2) is 37.1 Å². The van der Waals surface area contributed by atoms with E-state index in [1.54, 1.807) is 12.4 Å². The minimum absolute atomic E-state index is 0.564. The molecule has 5 nitrogen and oxygen atoms in total. The summed E-state index contributed by atoms with van der Waals surface area (Å²) in [6, 6.07) is 3.88. The van der Waals surface area contributed by atoms with Crippen molar-refractivity contribution in [3.63, 3.8) is 0 Å². The fourth-order valence-electron chi connectivity index (χ4n) is 2.15. The molecule has 0 aliphatic carbocycles. The van der Waals surface area contributed by atoms with Crippen LogP contribution in [0.2, 0.25) is 0 Å². The molecule has 3 aromatic rings. The van der Waals surface area contributed by atoms with Crippen LogP contribution in [0.4, 0.5) is 0 Å². The van der Waals surface area contributed by atoms with Gasteiger partial charge < -0.3 is 9.13 Å². The van der Waals surface area contributed by atoms with Crippen molar-refractivity contribution in [2.24, 2.45) is 0 Å². The first-order valence-corrected chi connectivity index (χ1v) is 6.74. The zero-order valence-corrected chi connectivity index (χ0v) is 11.2. The van der Waals surface area contributed by atoms with Crippen LogP contribution in [0.1, 0.15) is 5.82 Å². The third-order valence-corrected chi connectivity index (χ3v) is 3.23. The highest BCUT2D eigenvalue weighted by molar-refractivity contribution is 6.17. The molecule has 0 saturated carbocycles. The Bertz CT molecular complexity index is 659. The Morgan fingerprint density at radius 3 is 2.95 bits per heavy atom. The molecule has 0 aromatic carbocycles. The Morgan fingerprint density at radius 2 is 2.16 bits per heavy atom. The van der Waals surface area contributed by atoms with Crippen LogP contribution in [0.5, 0.6) is 0 Å². The molecule has 3 rings (SSSR count). The van der Waals surface area contributed by atoms with E-state index in [-0.39, 0.29) is 0 Å². The van der Waals surface area contributed by atoms with Crippen molar-refractivity contribution in [1.29, 1.82) is 0 Å². The third-order valence-electron chi connectivity index (χ3n) is 3.04. The number of halogens is 1. The maximum atomic E-state index is 5.85. The molecule has 0 radical (unpaired) electrons. The quantitative estimate of drug-likeness (QED) is 0.670. The lowest BCUT2D eigenvalue weighted by Crippen LogP contribution is -2.10. The van der Waals surface area contributed by atoms with Gasteiger partial charge in [-0.2, -0.15) is 0 Å². The van der Waals surface area contributed by atoms with Crippen molar-refractivity contribution >= 4 is 22.8 Å². The highest BCUT2D eigenvalue weighted by Crippen LogP contribution is 2.14. The van der Waals surface area contributed by atoms with Crippen molar-refractivity contribution < 1.29 is 0 Å². The Morgan fingerprint density at radius 1 is 1.21 bits per heavy atom. The first-order valence-electron chi connectivity index (χ1n) is 6.20. The Kier molecular flexibility index (Phi) is 3.46. The summed E-state index contributed by atoms with van der Waals surface area (Å²) in [5.41, 5.74) is 1.84. The summed E-state index contributed by atoms with van der Waals surface area (Å²) >= 11 is 5.85. The van der Waals surface area contributed by atoms with E-state index in [0.717, 1.165) is 36.5 Å². The molecule has 19 heavy (non-hydrogen) atoms. The molecular weight excluding hydrogens is 262 g/mol. The van der Waals surface area contributed by atoms with E-state index < -0.39 is 0 Å². The molecule has 3 aromatic heterocycles. The van der Waals surface area contributed by atoms with Crippen LogP contribution in [-0.2, 0) is 19.5 Å². The van der Waals surface area contributed by atoms with Gasteiger partial charge in [0.15, 0.2) is 5.65 Å². The molecule has 0 N–H and O–H groups in total. The molecule has 0 aliphatic heterocycles. The summed E-state index contributed by atoms with van der Waals surface area (Å²) in [4.78, 5) is 13.1. The molecule has 0 fully saturated rings. The molecule has 3 heterocycles. The van der Waals surface area contributed by atoms with E-state index in [2.05, 4.69) is 19.5 Å². The molecule has 0 atom stereocenters. The number of aromatic nitrogens is 5. The molecule has 0 aliphatic rings. The maximum Gasteiger partial charge on any atom is 0.160 e. The van der Waals surface area contributed by atoms with Crippen molar-refractivity contribution in [2.75, 3.05) is 5.88 Å². The lowest BCUT2D eigenvalue weighted by Gasteiger charge is -2.08. The first-order chi connectivity index (χ1) is 9.38. The van der Waals surface area contributed by atoms with Crippen molar-refractivity contribution in [3.8, 4) is 0 Å². The highest BCUT2D eigenvalue weighted by Gasteiger charge is 2.10. The molecule has 0 saturated heterocycles. The molecule has 6 heteroatoms. The predicted octanol–water partition coefficient (Wildman–Crippen LogP) is 2.11. The SMILES string of the molecule is ClCCc1nc2cccnc2n1CCn1ccnc1. The van der Waals surface area contributed by atoms with Gasteiger partial charge in [0.1, 0.15) is 11.3 Å². The van der Waals surface area contributed by atoms with Crippen LogP contribution in [0.25, 0.3) is 11.2 Å². The van der Waals surface area contributed by atoms with Gasteiger partial charge in [-0.25, -0.2) is 15.0 Å². The van der Waals surface area contributed by atoms with Crippen LogP contribution >= 0.6 is 11.6 Å². The monoisotopic (exact) mass is 275 g/mol. The summed E-state index contributed by atoms with van der Waals surface area (Å²) in [5, 5.41) is 0. The van der Waals surface area contributed by atoms with Gasteiger partial charge in [0, 0.05) is 44.0 Å². The molecular formula is C13H14ClN5. The Balaban J connectivity index is 1.92. The number of alkyl halides is 1. The van der Waals surface area contributed by atoms with E-state index in [1.807, 2.05) is 29.2 Å². The number of hydrogen-bond donors (Lipinski definition) is 0. The lowest BCUT2D eigenvalue weighted by atomic mass is 10.4. The van der Waals surface area contributed by atoms with Gasteiger partial charge in [0.05, 0.1) is 6.33 Å². The maximum absolute atomic E-state index is 5.85. The van der Waals surface area contributed by atoms with E-state index in [4.69, 9.17) is 11.6 Å². The molecule has 0 unspecified atom stereocenters. The molecule has 0 bridgehead atoms. The number of hydrogen-bond acceptors (Lipinski definition) is 3. The standard InChI is InChI=1S/C13H14ClN5/c14-4-3-12-17-11-2-1-5-16-13(11)19(12)9-8-18-7-6-15-10-18/h1-2,5-7,10H,3-4,8-9H2. The topological polar surface area (TPSA) is 48.5 Å². The normalized spacial score (nSPS) is 11.2. The van der Waals surface area contributed by atoms with E-state index in [9.17, 15) is 0 Å². The summed E-state index contributed by atoms with van der Waals surface area (Å²) in [6.45, 7) is 1.66. The largest absolute Gasteiger partial charge is 0.336 e. The Hall–Kier alpha value is -1.88. The van der Waals surface area contributed by atoms with Gasteiger partial charge in [0.2, 0.25) is 0 Å². The summed E-state index contributed by atoms with van der Waals surface area (Å²) in [6.07, 6.45) is 8.09. The van der Waals surface area contributed by atoms with Gasteiger partial charge in [-0.05, 0) is 12.1 Å². The summed E-state index contributed by atoms with van der Waals surface area (Å²) in [7, 11) is 0. The van der Waals surface area contributed by atoms with Crippen LogP contribution in [-0.4, -0.2) is 30.0 Å². The highest BCUT2D eigenvalue weighted by atomic mass is 35.5. The smallest absolute Gasteiger partial charge is 0.160 e. The number of rotatable bonds is 5. The second-order valence-corrected chi connectivity index (χ2v) is 4.64. The lowest BCUT2D eigenvalue weighted by molar-refractivity contribution is 0.569. The average Bonchev–Trinajstić information content (AvgIpc) is 3.04. The first kappa shape index (κ1) is 12.2. The van der Waals surface area contributed by atoms with Gasteiger partial charge in [-0.1, -0.05) is 0 Å². The minimum atomic E-state index is 0.564. The van der Waals surface area contributed by atoms with Gasteiger partial charge >= 0.3 is 0 Å². The average molecular weight is 276 g/mol. The van der Waals surface area contributed by atoms with Gasteiger partial charge in [-0.15, -0.1) is 11.6 Å². The molecule has 0 amide bonds. The summed E-state index contributed by atoms with van der Waals surface area (Å²) < 4.78 is 4.18. The van der Waals surface area contributed by atoms with Crippen molar-refractivity contribution in [2.45, 2.75) is 19.5 Å². The summed E-state index contributed by atoms with van der Waals surface area (Å²) in [5.74, 6) is 1.55. The van der Waals surface area contributed by atoms with E-state index in [1.165, 1.54) is 0 Å². The fourth-order valence-corrected chi connectivity index (χ4v) is 2.32. The second kappa shape index (κ2) is 5.40. The van der Waals surface area contributed by atoms with Gasteiger partial charge in [-0.3, -0.25) is 0 Å². The van der Waals surface area contributed by atoms with E-state index in [0.29, 0.717) is 5.88 Å². The molecule has 0 spiro atoms. The van der Waals surface area contributed by atoms with Crippen LogP contribution < -0.4 is 0 Å². The number of aryl methyl sites for hydroxylation is 3. The second-order valence-electron chi connectivity index (χ2n) is 4.27. The van der Waals surface area contributed by atoms with E-state index >= 15 is 0 Å².